The predicted octanol–water partition coefficient (Wildman–Crippen LogP) is 7.42. The summed E-state index contributed by atoms with van der Waals surface area (Å²) < 4.78 is 55.1. The van der Waals surface area contributed by atoms with Gasteiger partial charge in [0.25, 0.3) is 0 Å². The Balaban J connectivity index is 1.53. The highest BCUT2D eigenvalue weighted by atomic mass is 19.2. The van der Waals surface area contributed by atoms with Crippen molar-refractivity contribution in [1.82, 2.24) is 0 Å². The molecular weight excluding hydrogens is 425 g/mol. The average Bonchev–Trinajstić information content (AvgIpc) is 2.83. The molecule has 1 heterocycles. The summed E-state index contributed by atoms with van der Waals surface area (Å²) in [6, 6.07) is 15.1. The van der Waals surface area contributed by atoms with Crippen LogP contribution in [0.1, 0.15) is 36.8 Å². The first kappa shape index (κ1) is 23.3. The van der Waals surface area contributed by atoms with Crippen LogP contribution in [0.3, 0.4) is 0 Å². The molecule has 0 saturated carbocycles. The van der Waals surface area contributed by atoms with Crippen LogP contribution in [0.15, 0.2) is 67.3 Å². The monoisotopic (exact) mass is 452 g/mol. The Hall–Kier alpha value is -2.89. The second-order valence-corrected chi connectivity index (χ2v) is 8.33. The summed E-state index contributed by atoms with van der Waals surface area (Å²) in [5.74, 6) is -2.03. The fourth-order valence-electron chi connectivity index (χ4n) is 4.08. The molecule has 1 saturated heterocycles. The van der Waals surface area contributed by atoms with Crippen LogP contribution in [0.2, 0.25) is 0 Å². The number of aryl methyl sites for hydroxylation is 1. The van der Waals surface area contributed by atoms with Crippen LogP contribution < -0.4 is 0 Å². The lowest BCUT2D eigenvalue weighted by molar-refractivity contribution is -0.176. The second-order valence-electron chi connectivity index (χ2n) is 8.33. The normalized spacial score (nSPS) is 18.3. The van der Waals surface area contributed by atoms with E-state index in [0.717, 1.165) is 18.4 Å². The molecule has 0 aliphatic carbocycles. The van der Waals surface area contributed by atoms with E-state index in [-0.39, 0.29) is 23.6 Å². The molecule has 0 aromatic heterocycles. The molecule has 0 atom stereocenters. The third-order valence-corrected chi connectivity index (χ3v) is 6.05. The number of ether oxygens (including phenoxy) is 2. The first-order valence-corrected chi connectivity index (χ1v) is 11.2. The summed E-state index contributed by atoms with van der Waals surface area (Å²) in [5.41, 5.74) is 3.02. The van der Waals surface area contributed by atoms with Gasteiger partial charge in [-0.15, -0.1) is 6.58 Å². The van der Waals surface area contributed by atoms with E-state index in [0.29, 0.717) is 41.9 Å². The Morgan fingerprint density at radius 3 is 2.15 bits per heavy atom. The van der Waals surface area contributed by atoms with Gasteiger partial charge in [-0.2, -0.15) is 0 Å². The van der Waals surface area contributed by atoms with Gasteiger partial charge in [0.05, 0.1) is 13.2 Å². The minimum absolute atomic E-state index is 0.00950. The standard InChI is InChI=1S/C28H27F3O2/c1-3-4-5-6-21-11-14-25(28(31)27(21)30)20-9-7-19(8-10-20)24-13-12-22(15-26(24)29)23-16-32-18(2)33-17-23/h3,7-15,18,23H,1,4-6,16-17H2,2H3. The van der Waals surface area contributed by atoms with Crippen molar-refractivity contribution in [3.63, 3.8) is 0 Å². The minimum atomic E-state index is -0.861. The minimum Gasteiger partial charge on any atom is -0.352 e. The molecule has 3 aromatic rings. The lowest BCUT2D eigenvalue weighted by Gasteiger charge is -2.27. The van der Waals surface area contributed by atoms with E-state index < -0.39 is 11.6 Å². The van der Waals surface area contributed by atoms with E-state index in [4.69, 9.17) is 9.47 Å². The molecule has 1 fully saturated rings. The van der Waals surface area contributed by atoms with Crippen LogP contribution in [0.25, 0.3) is 22.3 Å². The predicted molar refractivity (Wildman–Crippen MR) is 124 cm³/mol. The lowest BCUT2D eigenvalue weighted by atomic mass is 9.94. The molecule has 2 nitrogen and oxygen atoms in total. The van der Waals surface area contributed by atoms with Gasteiger partial charge in [0.15, 0.2) is 17.9 Å². The summed E-state index contributed by atoms with van der Waals surface area (Å²) in [5, 5.41) is 0. The highest BCUT2D eigenvalue weighted by molar-refractivity contribution is 5.71. The maximum absolute atomic E-state index is 14.9. The SMILES string of the molecule is C=CCCCc1ccc(-c2ccc(-c3ccc(C4COC(C)OC4)cc3F)cc2)c(F)c1F. The molecule has 172 valence electrons. The Morgan fingerprint density at radius 1 is 0.879 bits per heavy atom. The molecule has 33 heavy (non-hydrogen) atoms. The van der Waals surface area contributed by atoms with Gasteiger partial charge in [-0.05, 0) is 54.5 Å². The highest BCUT2D eigenvalue weighted by Gasteiger charge is 2.22. The Morgan fingerprint density at radius 2 is 1.52 bits per heavy atom. The van der Waals surface area contributed by atoms with E-state index in [9.17, 15) is 13.2 Å². The number of hydrogen-bond donors (Lipinski definition) is 0. The maximum atomic E-state index is 14.9. The lowest BCUT2D eigenvalue weighted by Crippen LogP contribution is -2.28. The third kappa shape index (κ3) is 5.21. The zero-order chi connectivity index (χ0) is 23.4. The van der Waals surface area contributed by atoms with Crippen molar-refractivity contribution in [3.8, 4) is 22.3 Å². The van der Waals surface area contributed by atoms with Crippen molar-refractivity contribution >= 4 is 0 Å². The van der Waals surface area contributed by atoms with Crippen molar-refractivity contribution in [2.45, 2.75) is 38.4 Å². The number of halogens is 3. The molecule has 0 bridgehead atoms. The van der Waals surface area contributed by atoms with Crippen LogP contribution in [-0.2, 0) is 15.9 Å². The zero-order valence-corrected chi connectivity index (χ0v) is 18.6. The molecular formula is C28H27F3O2. The number of unbranched alkanes of at least 4 members (excludes halogenated alkanes) is 1. The first-order chi connectivity index (χ1) is 16.0. The third-order valence-electron chi connectivity index (χ3n) is 6.05. The molecule has 1 aliphatic heterocycles. The Labute approximate surface area is 192 Å². The van der Waals surface area contributed by atoms with Gasteiger partial charge in [0.1, 0.15) is 5.82 Å². The quantitative estimate of drug-likeness (QED) is 0.274. The summed E-state index contributed by atoms with van der Waals surface area (Å²) in [4.78, 5) is 0. The van der Waals surface area contributed by atoms with Crippen LogP contribution in [-0.4, -0.2) is 19.5 Å². The highest BCUT2D eigenvalue weighted by Crippen LogP contribution is 2.32. The van der Waals surface area contributed by atoms with Crippen LogP contribution in [0.4, 0.5) is 13.2 Å². The molecule has 0 unspecified atom stereocenters. The van der Waals surface area contributed by atoms with E-state index in [1.807, 2.05) is 13.0 Å². The van der Waals surface area contributed by atoms with E-state index in [1.54, 1.807) is 48.5 Å². The van der Waals surface area contributed by atoms with Crippen molar-refractivity contribution in [2.24, 2.45) is 0 Å². The number of rotatable bonds is 7. The van der Waals surface area contributed by atoms with Gasteiger partial charge in [-0.25, -0.2) is 13.2 Å². The van der Waals surface area contributed by atoms with Crippen molar-refractivity contribution < 1.29 is 22.6 Å². The fraction of sp³-hybridized carbons (Fsp3) is 0.286. The first-order valence-electron chi connectivity index (χ1n) is 11.2. The molecule has 0 spiro atoms. The van der Waals surface area contributed by atoms with Crippen molar-refractivity contribution in [1.29, 1.82) is 0 Å². The molecule has 3 aromatic carbocycles. The molecule has 5 heteroatoms. The van der Waals surface area contributed by atoms with E-state index in [1.165, 1.54) is 6.07 Å². The summed E-state index contributed by atoms with van der Waals surface area (Å²) >= 11 is 0. The van der Waals surface area contributed by atoms with Gasteiger partial charge < -0.3 is 9.47 Å². The number of benzene rings is 3. The van der Waals surface area contributed by atoms with Gasteiger partial charge >= 0.3 is 0 Å². The summed E-state index contributed by atoms with van der Waals surface area (Å²) in [6.45, 7) is 6.46. The van der Waals surface area contributed by atoms with Crippen molar-refractivity contribution in [2.75, 3.05) is 13.2 Å². The average molecular weight is 453 g/mol. The molecule has 1 aliphatic rings. The topological polar surface area (TPSA) is 18.5 Å². The molecule has 4 rings (SSSR count). The van der Waals surface area contributed by atoms with Crippen LogP contribution in [0.5, 0.6) is 0 Å². The van der Waals surface area contributed by atoms with Crippen molar-refractivity contribution in [3.05, 3.63) is 95.8 Å². The van der Waals surface area contributed by atoms with E-state index in [2.05, 4.69) is 6.58 Å². The number of allylic oxidation sites excluding steroid dienone is 1. The second kappa shape index (κ2) is 10.4. The van der Waals surface area contributed by atoms with Crippen LogP contribution in [0, 0.1) is 17.5 Å². The zero-order valence-electron chi connectivity index (χ0n) is 18.6. The van der Waals surface area contributed by atoms with Gasteiger partial charge in [0, 0.05) is 17.0 Å². The Bertz CT molecular complexity index is 1120. The summed E-state index contributed by atoms with van der Waals surface area (Å²) in [6.07, 6.45) is 3.46. The largest absolute Gasteiger partial charge is 0.352 e. The molecule has 0 amide bonds. The Kier molecular flexibility index (Phi) is 7.31. The van der Waals surface area contributed by atoms with Crippen LogP contribution >= 0.6 is 0 Å². The smallest absolute Gasteiger partial charge is 0.166 e. The summed E-state index contributed by atoms with van der Waals surface area (Å²) in [7, 11) is 0. The number of hydrogen-bond acceptors (Lipinski definition) is 2. The van der Waals surface area contributed by atoms with Gasteiger partial charge in [-0.1, -0.05) is 54.6 Å². The fourth-order valence-corrected chi connectivity index (χ4v) is 4.08. The van der Waals surface area contributed by atoms with Gasteiger partial charge in [-0.3, -0.25) is 0 Å². The molecule has 0 N–H and O–H groups in total. The maximum Gasteiger partial charge on any atom is 0.166 e. The molecule has 0 radical (unpaired) electrons. The van der Waals surface area contributed by atoms with Gasteiger partial charge in [0.2, 0.25) is 0 Å². The van der Waals surface area contributed by atoms with E-state index >= 15 is 0 Å².